The summed E-state index contributed by atoms with van der Waals surface area (Å²) in [6.07, 6.45) is 0. The molecule has 0 saturated heterocycles. The van der Waals surface area contributed by atoms with E-state index in [4.69, 9.17) is 23.2 Å². The molecule has 8 heteroatoms. The first-order valence-electron chi connectivity index (χ1n) is 7.59. The molecule has 25 heavy (non-hydrogen) atoms. The van der Waals surface area contributed by atoms with E-state index in [2.05, 4.69) is 10.6 Å². The van der Waals surface area contributed by atoms with Crippen molar-refractivity contribution in [2.75, 3.05) is 17.2 Å². The van der Waals surface area contributed by atoms with Gasteiger partial charge in [0.25, 0.3) is 11.8 Å². The number of likely N-dealkylation sites (N-methyl/N-ethyl adjacent to an activating group) is 1. The van der Waals surface area contributed by atoms with Gasteiger partial charge >= 0.3 is 0 Å². The largest absolute Gasteiger partial charge is 0.350 e. The maximum Gasteiger partial charge on any atom is 0.276 e. The number of hydrogen-bond donors (Lipinski definition) is 2. The normalized spacial score (nSPS) is 21.0. The predicted octanol–water partition coefficient (Wildman–Crippen LogP) is 3.83. The number of halogens is 3. The number of amides is 2. The Balaban J connectivity index is 2.01. The number of benzene rings is 2. The average molecular weight is 380 g/mol. The smallest absolute Gasteiger partial charge is 0.276 e. The maximum atomic E-state index is 13.7. The number of nitrogens with one attached hydrogen (secondary N) is 2. The number of hydrogen-bond acceptors (Lipinski definition) is 3. The Bertz CT molecular complexity index is 950. The van der Waals surface area contributed by atoms with Gasteiger partial charge in [0.05, 0.1) is 27.5 Å². The van der Waals surface area contributed by atoms with Crippen LogP contribution >= 0.6 is 23.2 Å². The van der Waals surface area contributed by atoms with Crippen LogP contribution in [0.5, 0.6) is 0 Å². The van der Waals surface area contributed by atoms with Crippen LogP contribution in [0.15, 0.2) is 30.3 Å². The molecule has 1 spiro atoms. The summed E-state index contributed by atoms with van der Waals surface area (Å²) in [7, 11) is 0. The molecule has 0 fully saturated rings. The van der Waals surface area contributed by atoms with Crippen LogP contribution in [0.25, 0.3) is 0 Å². The molecule has 2 aromatic rings. The zero-order valence-corrected chi connectivity index (χ0v) is 14.5. The number of anilines is 2. The van der Waals surface area contributed by atoms with Gasteiger partial charge in [0.1, 0.15) is 5.82 Å². The molecule has 2 N–H and O–H groups in total. The Hall–Kier alpha value is -2.31. The fourth-order valence-corrected chi connectivity index (χ4v) is 4.01. The highest BCUT2D eigenvalue weighted by Gasteiger charge is 2.57. The summed E-state index contributed by atoms with van der Waals surface area (Å²) in [5.74, 6) is -1.41. The van der Waals surface area contributed by atoms with E-state index in [0.29, 0.717) is 21.8 Å². The monoisotopic (exact) mass is 379 g/mol. The minimum absolute atomic E-state index is 0.0533. The van der Waals surface area contributed by atoms with Crippen LogP contribution in [0.4, 0.5) is 15.8 Å². The molecule has 0 bridgehead atoms. The number of nitrogens with zero attached hydrogens (tertiary/aromatic N) is 1. The molecule has 2 heterocycles. The van der Waals surface area contributed by atoms with Crippen LogP contribution in [0.3, 0.4) is 0 Å². The fourth-order valence-electron chi connectivity index (χ4n) is 3.49. The Morgan fingerprint density at radius 1 is 1.16 bits per heavy atom. The molecule has 0 radical (unpaired) electrons. The topological polar surface area (TPSA) is 61.4 Å². The second-order valence-electron chi connectivity index (χ2n) is 5.84. The molecular formula is C17H12Cl2FN3O2. The van der Waals surface area contributed by atoms with Crippen LogP contribution < -0.4 is 10.6 Å². The first-order chi connectivity index (χ1) is 11.9. The van der Waals surface area contributed by atoms with Crippen molar-refractivity contribution in [2.24, 2.45) is 0 Å². The van der Waals surface area contributed by atoms with E-state index in [-0.39, 0.29) is 23.2 Å². The quantitative estimate of drug-likeness (QED) is 0.791. The highest BCUT2D eigenvalue weighted by molar-refractivity contribution is 6.33. The molecule has 4 rings (SSSR count). The summed E-state index contributed by atoms with van der Waals surface area (Å²) in [4.78, 5) is 27.3. The van der Waals surface area contributed by atoms with Gasteiger partial charge in [-0.1, -0.05) is 23.2 Å². The number of fused-ring (bicyclic) bond motifs is 3. The van der Waals surface area contributed by atoms with E-state index in [1.165, 1.54) is 11.0 Å². The van der Waals surface area contributed by atoms with Crippen molar-refractivity contribution >= 4 is 46.4 Å². The zero-order chi connectivity index (χ0) is 17.9. The fraction of sp³-hybridized carbons (Fsp3) is 0.176. The third-order valence-corrected chi connectivity index (χ3v) is 5.02. The van der Waals surface area contributed by atoms with Gasteiger partial charge in [-0.25, -0.2) is 4.39 Å². The molecule has 1 atom stereocenters. The van der Waals surface area contributed by atoms with Gasteiger partial charge in [-0.15, -0.1) is 0 Å². The standard InChI is InChI=1S/C17H12Cl2FN3O2/c1-2-23-15(24)10-4-3-8(18)5-12(10)22-17(23)14-11(19)6-9(20)7-13(14)21-16(17)25/h3-7,22H,2H2,1H3,(H,21,25). The summed E-state index contributed by atoms with van der Waals surface area (Å²) in [6.45, 7) is 2.00. The lowest BCUT2D eigenvalue weighted by Crippen LogP contribution is -2.61. The molecule has 5 nitrogen and oxygen atoms in total. The van der Waals surface area contributed by atoms with Crippen LogP contribution in [0.2, 0.25) is 10.0 Å². The van der Waals surface area contributed by atoms with Crippen molar-refractivity contribution in [3.8, 4) is 0 Å². The van der Waals surface area contributed by atoms with Gasteiger partial charge in [-0.05, 0) is 37.3 Å². The first-order valence-corrected chi connectivity index (χ1v) is 8.34. The SMILES string of the molecule is CCN1C(=O)c2ccc(Cl)cc2NC12C(=O)Nc1cc(F)cc(Cl)c12. The van der Waals surface area contributed by atoms with Crippen molar-refractivity contribution < 1.29 is 14.0 Å². The molecular weight excluding hydrogens is 368 g/mol. The summed E-state index contributed by atoms with van der Waals surface area (Å²) in [5, 5.41) is 6.20. The molecule has 0 aromatic heterocycles. The lowest BCUT2D eigenvalue weighted by Gasteiger charge is -2.44. The van der Waals surface area contributed by atoms with Gasteiger partial charge in [0, 0.05) is 11.6 Å². The Labute approximate surface area is 152 Å². The van der Waals surface area contributed by atoms with Gasteiger partial charge in [0.2, 0.25) is 5.66 Å². The summed E-state index contributed by atoms with van der Waals surface area (Å²) in [6, 6.07) is 7.09. The summed E-state index contributed by atoms with van der Waals surface area (Å²) < 4.78 is 13.7. The van der Waals surface area contributed by atoms with Crippen LogP contribution in [0, 0.1) is 5.82 Å². The molecule has 128 valence electrons. The Kier molecular flexibility index (Phi) is 3.46. The van der Waals surface area contributed by atoms with Gasteiger partial charge in [0.15, 0.2) is 0 Å². The van der Waals surface area contributed by atoms with E-state index in [9.17, 15) is 14.0 Å². The van der Waals surface area contributed by atoms with E-state index < -0.39 is 17.4 Å². The number of carbonyl (C=O) groups is 2. The van der Waals surface area contributed by atoms with E-state index in [0.717, 1.165) is 6.07 Å². The Morgan fingerprint density at radius 2 is 1.92 bits per heavy atom. The highest BCUT2D eigenvalue weighted by atomic mass is 35.5. The molecule has 2 aliphatic rings. The molecule has 1 unspecified atom stereocenters. The predicted molar refractivity (Wildman–Crippen MR) is 93.5 cm³/mol. The van der Waals surface area contributed by atoms with Crippen molar-refractivity contribution in [1.82, 2.24) is 4.90 Å². The van der Waals surface area contributed by atoms with Crippen LogP contribution in [-0.2, 0) is 10.5 Å². The lowest BCUT2D eigenvalue weighted by molar-refractivity contribution is -0.125. The third kappa shape index (κ3) is 2.07. The maximum absolute atomic E-state index is 13.7. The van der Waals surface area contributed by atoms with Gasteiger partial charge < -0.3 is 15.5 Å². The average Bonchev–Trinajstić information content (AvgIpc) is 2.79. The van der Waals surface area contributed by atoms with Crippen LogP contribution in [0.1, 0.15) is 22.8 Å². The molecule has 0 aliphatic carbocycles. The second-order valence-corrected chi connectivity index (χ2v) is 6.68. The van der Waals surface area contributed by atoms with E-state index >= 15 is 0 Å². The lowest BCUT2D eigenvalue weighted by atomic mass is 9.93. The summed E-state index contributed by atoms with van der Waals surface area (Å²) in [5.41, 5.74) is -0.175. The van der Waals surface area contributed by atoms with Crippen molar-refractivity contribution in [3.63, 3.8) is 0 Å². The molecule has 0 saturated carbocycles. The van der Waals surface area contributed by atoms with Gasteiger partial charge in [-0.2, -0.15) is 0 Å². The van der Waals surface area contributed by atoms with Crippen molar-refractivity contribution in [3.05, 3.63) is 57.3 Å². The zero-order valence-electron chi connectivity index (χ0n) is 13.0. The van der Waals surface area contributed by atoms with Crippen LogP contribution in [-0.4, -0.2) is 23.3 Å². The molecule has 2 amide bonds. The van der Waals surface area contributed by atoms with E-state index in [1.807, 2.05) is 0 Å². The number of carbonyl (C=O) groups excluding carboxylic acids is 2. The minimum atomic E-state index is -1.55. The molecule has 2 aromatic carbocycles. The first kappa shape index (κ1) is 16.2. The summed E-state index contributed by atoms with van der Waals surface area (Å²) >= 11 is 12.3. The van der Waals surface area contributed by atoms with Crippen molar-refractivity contribution in [2.45, 2.75) is 12.6 Å². The third-order valence-electron chi connectivity index (χ3n) is 4.49. The van der Waals surface area contributed by atoms with Crippen molar-refractivity contribution in [1.29, 1.82) is 0 Å². The van der Waals surface area contributed by atoms with Gasteiger partial charge in [-0.3, -0.25) is 9.59 Å². The molecule has 2 aliphatic heterocycles. The minimum Gasteiger partial charge on any atom is -0.350 e. The van der Waals surface area contributed by atoms with E-state index in [1.54, 1.807) is 25.1 Å². The highest BCUT2D eigenvalue weighted by Crippen LogP contribution is 2.48. The Morgan fingerprint density at radius 3 is 2.64 bits per heavy atom. The number of rotatable bonds is 1. The second kappa shape index (κ2) is 5.34.